The quantitative estimate of drug-likeness (QED) is 0.886. The Morgan fingerprint density at radius 1 is 1.21 bits per heavy atom. The highest BCUT2D eigenvalue weighted by atomic mass is 35.5. The van der Waals surface area contributed by atoms with Gasteiger partial charge in [0, 0.05) is 10.6 Å². The van der Waals surface area contributed by atoms with Crippen LogP contribution in [0.1, 0.15) is 41.2 Å². The van der Waals surface area contributed by atoms with Gasteiger partial charge in [-0.15, -0.1) is 0 Å². The number of rotatable bonds is 4. The fourth-order valence-electron chi connectivity index (χ4n) is 2.51. The SMILES string of the molecule is CCNC(c1cccc(Cl)c1)c1c(C)oc(C)c1C. The van der Waals surface area contributed by atoms with Gasteiger partial charge in [-0.05, 0) is 50.6 Å². The standard InChI is InChI=1S/C16H20ClNO/c1-5-18-16(13-7-6-8-14(17)9-13)15-10(2)11(3)19-12(15)4/h6-9,16,18H,5H2,1-4H3. The maximum Gasteiger partial charge on any atom is 0.106 e. The number of nitrogens with one attached hydrogen (secondary N) is 1. The first-order valence-corrected chi connectivity index (χ1v) is 6.97. The molecule has 0 aliphatic rings. The lowest BCUT2D eigenvalue weighted by Crippen LogP contribution is -2.23. The van der Waals surface area contributed by atoms with E-state index in [0.717, 1.165) is 23.1 Å². The third-order valence-electron chi connectivity index (χ3n) is 3.50. The average molecular weight is 278 g/mol. The van der Waals surface area contributed by atoms with Crippen LogP contribution in [0, 0.1) is 20.8 Å². The van der Waals surface area contributed by atoms with Crippen molar-refractivity contribution in [3.63, 3.8) is 0 Å². The van der Waals surface area contributed by atoms with Crippen molar-refractivity contribution in [2.75, 3.05) is 6.54 Å². The summed E-state index contributed by atoms with van der Waals surface area (Å²) in [7, 11) is 0. The van der Waals surface area contributed by atoms with E-state index in [1.807, 2.05) is 32.0 Å². The molecule has 0 fully saturated rings. The highest BCUT2D eigenvalue weighted by Gasteiger charge is 2.22. The third-order valence-corrected chi connectivity index (χ3v) is 3.73. The topological polar surface area (TPSA) is 25.2 Å². The molecule has 0 radical (unpaired) electrons. The molecule has 1 heterocycles. The second-order valence-electron chi connectivity index (χ2n) is 4.80. The van der Waals surface area contributed by atoms with Gasteiger partial charge in [-0.2, -0.15) is 0 Å². The molecule has 19 heavy (non-hydrogen) atoms. The zero-order chi connectivity index (χ0) is 14.0. The van der Waals surface area contributed by atoms with E-state index in [-0.39, 0.29) is 6.04 Å². The molecule has 3 heteroatoms. The summed E-state index contributed by atoms with van der Waals surface area (Å²) in [5.41, 5.74) is 3.60. The first kappa shape index (κ1) is 14.2. The van der Waals surface area contributed by atoms with E-state index < -0.39 is 0 Å². The van der Waals surface area contributed by atoms with Gasteiger partial charge < -0.3 is 9.73 Å². The van der Waals surface area contributed by atoms with Crippen LogP contribution in [0.4, 0.5) is 0 Å². The molecule has 2 nitrogen and oxygen atoms in total. The van der Waals surface area contributed by atoms with Crippen molar-refractivity contribution in [1.29, 1.82) is 0 Å². The van der Waals surface area contributed by atoms with Crippen LogP contribution in [0.5, 0.6) is 0 Å². The fourth-order valence-corrected chi connectivity index (χ4v) is 2.71. The van der Waals surface area contributed by atoms with Gasteiger partial charge in [-0.25, -0.2) is 0 Å². The van der Waals surface area contributed by atoms with Gasteiger partial charge in [0.2, 0.25) is 0 Å². The first-order chi connectivity index (χ1) is 9.04. The Morgan fingerprint density at radius 3 is 2.47 bits per heavy atom. The summed E-state index contributed by atoms with van der Waals surface area (Å²) >= 11 is 6.11. The summed E-state index contributed by atoms with van der Waals surface area (Å²) in [5.74, 6) is 1.96. The fraction of sp³-hybridized carbons (Fsp3) is 0.375. The van der Waals surface area contributed by atoms with Crippen LogP contribution in [0.3, 0.4) is 0 Å². The van der Waals surface area contributed by atoms with Crippen LogP contribution < -0.4 is 5.32 Å². The third kappa shape index (κ3) is 2.85. The molecule has 2 rings (SSSR count). The van der Waals surface area contributed by atoms with E-state index in [1.54, 1.807) is 0 Å². The van der Waals surface area contributed by atoms with E-state index in [1.165, 1.54) is 16.7 Å². The van der Waals surface area contributed by atoms with Crippen LogP contribution >= 0.6 is 11.6 Å². The van der Waals surface area contributed by atoms with Gasteiger partial charge in [0.1, 0.15) is 11.5 Å². The lowest BCUT2D eigenvalue weighted by Gasteiger charge is -2.19. The molecule has 0 amide bonds. The minimum absolute atomic E-state index is 0.126. The maximum absolute atomic E-state index is 6.11. The minimum atomic E-state index is 0.126. The largest absolute Gasteiger partial charge is 0.466 e. The van der Waals surface area contributed by atoms with Crippen molar-refractivity contribution in [1.82, 2.24) is 5.32 Å². The molecule has 1 aromatic heterocycles. The van der Waals surface area contributed by atoms with Crippen molar-refractivity contribution in [3.05, 3.63) is 57.5 Å². The summed E-state index contributed by atoms with van der Waals surface area (Å²) in [6.45, 7) is 9.13. The number of hydrogen-bond acceptors (Lipinski definition) is 2. The van der Waals surface area contributed by atoms with Gasteiger partial charge in [0.15, 0.2) is 0 Å². The Labute approximate surface area is 119 Å². The maximum atomic E-state index is 6.11. The van der Waals surface area contributed by atoms with Gasteiger partial charge in [-0.1, -0.05) is 30.7 Å². The minimum Gasteiger partial charge on any atom is -0.466 e. The molecule has 0 saturated carbocycles. The van der Waals surface area contributed by atoms with Crippen LogP contribution in [-0.2, 0) is 0 Å². The van der Waals surface area contributed by atoms with Crippen molar-refractivity contribution in [2.45, 2.75) is 33.7 Å². The van der Waals surface area contributed by atoms with E-state index >= 15 is 0 Å². The van der Waals surface area contributed by atoms with Crippen LogP contribution in [-0.4, -0.2) is 6.54 Å². The van der Waals surface area contributed by atoms with E-state index in [4.69, 9.17) is 16.0 Å². The molecule has 0 aliphatic heterocycles. The lowest BCUT2D eigenvalue weighted by molar-refractivity contribution is 0.494. The number of benzene rings is 1. The molecular formula is C16H20ClNO. The summed E-state index contributed by atoms with van der Waals surface area (Å²) in [6.07, 6.45) is 0. The normalized spacial score (nSPS) is 12.7. The van der Waals surface area contributed by atoms with Crippen molar-refractivity contribution in [2.24, 2.45) is 0 Å². The van der Waals surface area contributed by atoms with E-state index in [9.17, 15) is 0 Å². The summed E-state index contributed by atoms with van der Waals surface area (Å²) < 4.78 is 5.75. The number of hydrogen-bond donors (Lipinski definition) is 1. The molecule has 0 saturated heterocycles. The van der Waals surface area contributed by atoms with Crippen LogP contribution in [0.2, 0.25) is 5.02 Å². The van der Waals surface area contributed by atoms with Gasteiger partial charge in [-0.3, -0.25) is 0 Å². The smallest absolute Gasteiger partial charge is 0.106 e. The second kappa shape index (κ2) is 5.81. The first-order valence-electron chi connectivity index (χ1n) is 6.60. The molecule has 1 aromatic carbocycles. The Hall–Kier alpha value is -1.25. The molecule has 0 spiro atoms. The van der Waals surface area contributed by atoms with Gasteiger partial charge in [0.05, 0.1) is 6.04 Å². The van der Waals surface area contributed by atoms with E-state index in [2.05, 4.69) is 25.2 Å². The van der Waals surface area contributed by atoms with Gasteiger partial charge in [0.25, 0.3) is 0 Å². The molecule has 1 unspecified atom stereocenters. The van der Waals surface area contributed by atoms with E-state index in [0.29, 0.717) is 0 Å². The Morgan fingerprint density at radius 2 is 1.95 bits per heavy atom. The van der Waals surface area contributed by atoms with Crippen molar-refractivity contribution in [3.8, 4) is 0 Å². The molecular weight excluding hydrogens is 258 g/mol. The molecule has 102 valence electrons. The number of aryl methyl sites for hydroxylation is 2. The number of furan rings is 1. The molecule has 1 N–H and O–H groups in total. The highest BCUT2D eigenvalue weighted by molar-refractivity contribution is 6.30. The lowest BCUT2D eigenvalue weighted by atomic mass is 9.95. The summed E-state index contributed by atoms with van der Waals surface area (Å²) in [6, 6.07) is 8.12. The van der Waals surface area contributed by atoms with Crippen molar-refractivity contribution < 1.29 is 4.42 Å². The van der Waals surface area contributed by atoms with Crippen LogP contribution in [0.25, 0.3) is 0 Å². The average Bonchev–Trinajstić information content (AvgIpc) is 2.61. The Kier molecular flexibility index (Phi) is 4.33. The molecule has 1 atom stereocenters. The monoisotopic (exact) mass is 277 g/mol. The predicted octanol–water partition coefficient (Wildman–Crippen LogP) is 4.56. The molecule has 2 aromatic rings. The predicted molar refractivity (Wildman–Crippen MR) is 79.9 cm³/mol. The van der Waals surface area contributed by atoms with Crippen LogP contribution in [0.15, 0.2) is 28.7 Å². The van der Waals surface area contributed by atoms with Gasteiger partial charge >= 0.3 is 0 Å². The highest BCUT2D eigenvalue weighted by Crippen LogP contribution is 2.32. The zero-order valence-electron chi connectivity index (χ0n) is 11.9. The summed E-state index contributed by atoms with van der Waals surface area (Å²) in [4.78, 5) is 0. The zero-order valence-corrected chi connectivity index (χ0v) is 12.6. The summed E-state index contributed by atoms with van der Waals surface area (Å²) in [5, 5.41) is 4.28. The van der Waals surface area contributed by atoms with Crippen molar-refractivity contribution >= 4 is 11.6 Å². The second-order valence-corrected chi connectivity index (χ2v) is 5.24. The molecule has 0 bridgehead atoms. The molecule has 0 aliphatic carbocycles. The Balaban J connectivity index is 2.51. The Bertz CT molecular complexity index is 574. The number of halogens is 1.